The summed E-state index contributed by atoms with van der Waals surface area (Å²) in [6, 6.07) is 0.0444. The second-order valence-corrected chi connectivity index (χ2v) is 7.02. The van der Waals surface area contributed by atoms with Gasteiger partial charge in [0.2, 0.25) is 5.91 Å². The molecular weight excluding hydrogens is 371 g/mol. The third kappa shape index (κ3) is 8.09. The average Bonchev–Trinajstić information content (AvgIpc) is 2.82. The van der Waals surface area contributed by atoms with Crippen LogP contribution in [0.25, 0.3) is 0 Å². The SMILES string of the molecule is CC(N)CCC(=O)Nc1nc(CN2CC(C)OC(C)C2)cs1.Cl.Cl. The van der Waals surface area contributed by atoms with E-state index in [9.17, 15) is 4.79 Å². The summed E-state index contributed by atoms with van der Waals surface area (Å²) in [4.78, 5) is 18.6. The fraction of sp³-hybridized carbons (Fsp3) is 0.733. The molecule has 24 heavy (non-hydrogen) atoms. The Morgan fingerprint density at radius 1 is 1.46 bits per heavy atom. The van der Waals surface area contributed by atoms with Crippen LogP contribution < -0.4 is 11.1 Å². The molecule has 0 aliphatic carbocycles. The smallest absolute Gasteiger partial charge is 0.226 e. The number of nitrogens with zero attached hydrogens (tertiary/aromatic N) is 2. The number of anilines is 1. The van der Waals surface area contributed by atoms with E-state index in [-0.39, 0.29) is 49.0 Å². The fourth-order valence-electron chi connectivity index (χ4n) is 2.62. The number of nitrogens with one attached hydrogen (secondary N) is 1. The Morgan fingerprint density at radius 3 is 2.67 bits per heavy atom. The lowest BCUT2D eigenvalue weighted by Crippen LogP contribution is -2.44. The lowest BCUT2D eigenvalue weighted by atomic mass is 10.2. The number of hydrogen-bond donors (Lipinski definition) is 2. The molecule has 9 heteroatoms. The molecule has 0 radical (unpaired) electrons. The van der Waals surface area contributed by atoms with Crippen molar-refractivity contribution in [2.45, 2.75) is 58.4 Å². The molecule has 0 aromatic carbocycles. The summed E-state index contributed by atoms with van der Waals surface area (Å²) in [7, 11) is 0. The molecule has 3 atom stereocenters. The largest absolute Gasteiger partial charge is 0.373 e. The number of morpholine rings is 1. The van der Waals surface area contributed by atoms with Gasteiger partial charge in [-0.1, -0.05) is 0 Å². The van der Waals surface area contributed by atoms with E-state index < -0.39 is 0 Å². The number of nitrogens with two attached hydrogens (primary N) is 1. The van der Waals surface area contributed by atoms with Crippen LogP contribution in [0.3, 0.4) is 0 Å². The number of thiazole rings is 1. The van der Waals surface area contributed by atoms with Gasteiger partial charge in [0.25, 0.3) is 0 Å². The first kappa shape index (κ1) is 23.6. The zero-order valence-electron chi connectivity index (χ0n) is 14.4. The third-order valence-corrected chi connectivity index (χ3v) is 4.31. The lowest BCUT2D eigenvalue weighted by molar-refractivity contribution is -0.116. The standard InChI is InChI=1S/C15H26N4O2S.2ClH/c1-10(16)4-5-14(20)18-15-17-13(9-22-15)8-19-6-11(2)21-12(3)7-19;;/h9-12H,4-8,16H2,1-3H3,(H,17,18,20);2*1H. The minimum absolute atomic E-state index is 0. The summed E-state index contributed by atoms with van der Waals surface area (Å²) < 4.78 is 5.73. The molecule has 2 heterocycles. The van der Waals surface area contributed by atoms with E-state index >= 15 is 0 Å². The lowest BCUT2D eigenvalue weighted by Gasteiger charge is -2.34. The second-order valence-electron chi connectivity index (χ2n) is 6.16. The van der Waals surface area contributed by atoms with Gasteiger partial charge in [0, 0.05) is 37.5 Å². The van der Waals surface area contributed by atoms with Crippen molar-refractivity contribution in [1.29, 1.82) is 0 Å². The molecule has 1 saturated heterocycles. The minimum Gasteiger partial charge on any atom is -0.373 e. The molecular formula is C15H28Cl2N4O2S. The molecule has 1 amide bonds. The topological polar surface area (TPSA) is 80.5 Å². The minimum atomic E-state index is -0.0215. The van der Waals surface area contributed by atoms with Crippen LogP contribution in [0.2, 0.25) is 0 Å². The molecule has 0 spiro atoms. The molecule has 1 aliphatic rings. The summed E-state index contributed by atoms with van der Waals surface area (Å²) in [5.74, 6) is -0.0215. The van der Waals surface area contributed by atoms with Gasteiger partial charge in [-0.3, -0.25) is 9.69 Å². The number of hydrogen-bond acceptors (Lipinski definition) is 6. The maximum atomic E-state index is 11.8. The van der Waals surface area contributed by atoms with E-state index in [1.165, 1.54) is 11.3 Å². The van der Waals surface area contributed by atoms with Crippen LogP contribution >= 0.6 is 36.2 Å². The summed E-state index contributed by atoms with van der Waals surface area (Å²) >= 11 is 1.47. The van der Waals surface area contributed by atoms with Crippen molar-refractivity contribution in [3.63, 3.8) is 0 Å². The van der Waals surface area contributed by atoms with Crippen LogP contribution in [-0.2, 0) is 16.1 Å². The third-order valence-electron chi connectivity index (χ3n) is 3.51. The molecule has 3 unspecified atom stereocenters. The van der Waals surface area contributed by atoms with E-state index in [0.717, 1.165) is 25.3 Å². The molecule has 2 rings (SSSR count). The number of halogens is 2. The highest BCUT2D eigenvalue weighted by molar-refractivity contribution is 7.13. The quantitative estimate of drug-likeness (QED) is 0.769. The molecule has 140 valence electrons. The predicted octanol–water partition coefficient (Wildman–Crippen LogP) is 2.66. The van der Waals surface area contributed by atoms with Gasteiger partial charge in [0.1, 0.15) is 0 Å². The van der Waals surface area contributed by atoms with Gasteiger partial charge < -0.3 is 15.8 Å². The highest BCUT2D eigenvalue weighted by Gasteiger charge is 2.22. The molecule has 0 bridgehead atoms. The number of carbonyl (C=O) groups excluding carboxylic acids is 1. The van der Waals surface area contributed by atoms with Gasteiger partial charge in [0.15, 0.2) is 5.13 Å². The summed E-state index contributed by atoms with van der Waals surface area (Å²) in [5.41, 5.74) is 6.65. The predicted molar refractivity (Wildman–Crippen MR) is 103 cm³/mol. The van der Waals surface area contributed by atoms with Crippen molar-refractivity contribution >= 4 is 47.2 Å². The molecule has 0 saturated carbocycles. The Morgan fingerprint density at radius 2 is 2.08 bits per heavy atom. The van der Waals surface area contributed by atoms with Crippen LogP contribution in [-0.4, -0.2) is 47.1 Å². The normalized spacial score (nSPS) is 22.2. The Hall–Kier alpha value is -0.440. The fourth-order valence-corrected chi connectivity index (χ4v) is 3.34. The van der Waals surface area contributed by atoms with Gasteiger partial charge in [0.05, 0.1) is 17.9 Å². The number of aromatic nitrogens is 1. The molecule has 6 nitrogen and oxygen atoms in total. The van der Waals surface area contributed by atoms with E-state index in [1.54, 1.807) is 0 Å². The summed E-state index contributed by atoms with van der Waals surface area (Å²) in [6.07, 6.45) is 1.62. The number of carbonyl (C=O) groups is 1. The summed E-state index contributed by atoms with van der Waals surface area (Å²) in [6.45, 7) is 8.71. The maximum Gasteiger partial charge on any atom is 0.226 e. The Labute approximate surface area is 160 Å². The van der Waals surface area contributed by atoms with Crippen molar-refractivity contribution < 1.29 is 9.53 Å². The Kier molecular flexibility index (Phi) is 11.0. The average molecular weight is 399 g/mol. The van der Waals surface area contributed by atoms with Crippen LogP contribution in [0.15, 0.2) is 5.38 Å². The van der Waals surface area contributed by atoms with Crippen molar-refractivity contribution in [2.75, 3.05) is 18.4 Å². The van der Waals surface area contributed by atoms with E-state index in [0.29, 0.717) is 18.0 Å². The zero-order chi connectivity index (χ0) is 16.1. The van der Waals surface area contributed by atoms with Gasteiger partial charge >= 0.3 is 0 Å². The Bertz CT molecular complexity index is 492. The first-order chi connectivity index (χ1) is 10.4. The monoisotopic (exact) mass is 398 g/mol. The van der Waals surface area contributed by atoms with Crippen LogP contribution in [0, 0.1) is 0 Å². The first-order valence-corrected chi connectivity index (χ1v) is 8.68. The van der Waals surface area contributed by atoms with Crippen molar-refractivity contribution in [1.82, 2.24) is 9.88 Å². The molecule has 3 N–H and O–H groups in total. The van der Waals surface area contributed by atoms with E-state index in [2.05, 4.69) is 29.0 Å². The molecule has 1 fully saturated rings. The van der Waals surface area contributed by atoms with Crippen LogP contribution in [0.4, 0.5) is 5.13 Å². The summed E-state index contributed by atoms with van der Waals surface area (Å²) in [5, 5.41) is 5.51. The van der Waals surface area contributed by atoms with Gasteiger partial charge in [-0.2, -0.15) is 0 Å². The van der Waals surface area contributed by atoms with E-state index in [1.807, 2.05) is 12.3 Å². The first-order valence-electron chi connectivity index (χ1n) is 7.80. The Balaban J connectivity index is 0.00000264. The van der Waals surface area contributed by atoms with Crippen molar-refractivity contribution in [2.24, 2.45) is 5.73 Å². The highest BCUT2D eigenvalue weighted by atomic mass is 35.5. The number of ether oxygens (including phenoxy) is 1. The van der Waals surface area contributed by atoms with Gasteiger partial charge in [-0.05, 0) is 27.2 Å². The number of amides is 1. The van der Waals surface area contributed by atoms with Crippen molar-refractivity contribution in [3.8, 4) is 0 Å². The number of rotatable bonds is 6. The van der Waals surface area contributed by atoms with Crippen LogP contribution in [0.1, 0.15) is 39.3 Å². The van der Waals surface area contributed by atoms with E-state index in [4.69, 9.17) is 10.5 Å². The maximum absolute atomic E-state index is 11.8. The van der Waals surface area contributed by atoms with Gasteiger partial charge in [-0.25, -0.2) is 4.98 Å². The zero-order valence-corrected chi connectivity index (χ0v) is 16.8. The molecule has 1 aromatic rings. The molecule has 1 aromatic heterocycles. The highest BCUT2D eigenvalue weighted by Crippen LogP contribution is 2.19. The second kappa shape index (κ2) is 11.2. The molecule has 1 aliphatic heterocycles. The van der Waals surface area contributed by atoms with Crippen molar-refractivity contribution in [3.05, 3.63) is 11.1 Å². The van der Waals surface area contributed by atoms with Crippen LogP contribution in [0.5, 0.6) is 0 Å². The van der Waals surface area contributed by atoms with Gasteiger partial charge in [-0.15, -0.1) is 36.2 Å².